The Morgan fingerprint density at radius 1 is 1.40 bits per heavy atom. The molecule has 3 N–H and O–H groups in total. The van der Waals surface area contributed by atoms with Crippen LogP contribution in [0.15, 0.2) is 30.3 Å². The number of nitrogens with two attached hydrogens (primary N) is 1. The topological polar surface area (TPSA) is 86.4 Å². The Bertz CT molecular complexity index is 305. The number of benzene rings is 1. The molecule has 15 heavy (non-hydrogen) atoms. The minimum absolute atomic E-state index is 0. The molecule has 1 rings (SSSR count). The first-order valence-electron chi connectivity index (χ1n) is 4.29. The van der Waals surface area contributed by atoms with Gasteiger partial charge in [-0.3, -0.25) is 0 Å². The smallest absolute Gasteiger partial charge is 0.547 e. The first-order valence-corrected chi connectivity index (χ1v) is 4.29. The van der Waals surface area contributed by atoms with Crippen molar-refractivity contribution in [1.29, 1.82) is 0 Å². The quantitative estimate of drug-likeness (QED) is 0.499. The van der Waals surface area contributed by atoms with E-state index >= 15 is 0 Å². The van der Waals surface area contributed by atoms with Crippen molar-refractivity contribution in [2.24, 2.45) is 5.73 Å². The fraction of sp³-hybridized carbons (Fsp3) is 0.300. The zero-order chi connectivity index (χ0) is 10.6. The van der Waals surface area contributed by atoms with Crippen molar-refractivity contribution < 1.29 is 44.6 Å². The van der Waals surface area contributed by atoms with Gasteiger partial charge in [-0.25, -0.2) is 0 Å². The molecule has 0 spiro atoms. The summed E-state index contributed by atoms with van der Waals surface area (Å²) in [6, 6.07) is 8.32. The van der Waals surface area contributed by atoms with E-state index in [9.17, 15) is 9.90 Å². The summed E-state index contributed by atoms with van der Waals surface area (Å²) in [7, 11) is 0. The van der Waals surface area contributed by atoms with E-state index in [4.69, 9.17) is 10.8 Å². The minimum Gasteiger partial charge on any atom is -0.547 e. The van der Waals surface area contributed by atoms with Crippen LogP contribution in [-0.4, -0.2) is 23.2 Å². The van der Waals surface area contributed by atoms with Crippen LogP contribution in [0.5, 0.6) is 0 Å². The maximum absolute atomic E-state index is 10.3. The number of carbonyl (C=O) groups excluding carboxylic acids is 1. The van der Waals surface area contributed by atoms with Crippen molar-refractivity contribution in [2.75, 3.05) is 0 Å². The van der Waals surface area contributed by atoms with Gasteiger partial charge in [-0.1, -0.05) is 30.3 Å². The number of carboxylic acids is 1. The first kappa shape index (κ1) is 14.6. The van der Waals surface area contributed by atoms with Crippen LogP contribution in [0.2, 0.25) is 0 Å². The molecular formula is C10H12NNaO3. The summed E-state index contributed by atoms with van der Waals surface area (Å²) < 4.78 is 0. The summed E-state index contributed by atoms with van der Waals surface area (Å²) in [6.45, 7) is 0. The summed E-state index contributed by atoms with van der Waals surface area (Å²) in [5, 5.41) is 19.4. The molecule has 0 bridgehead atoms. The van der Waals surface area contributed by atoms with Crippen molar-refractivity contribution >= 4 is 5.97 Å². The molecular weight excluding hydrogens is 205 g/mol. The number of carboxylic acid groups (broad SMARTS) is 1. The molecule has 0 saturated heterocycles. The van der Waals surface area contributed by atoms with Gasteiger partial charge in [-0.05, 0) is 12.0 Å². The van der Waals surface area contributed by atoms with Crippen LogP contribution in [0.1, 0.15) is 5.56 Å². The van der Waals surface area contributed by atoms with E-state index in [2.05, 4.69) is 0 Å². The van der Waals surface area contributed by atoms with Crippen molar-refractivity contribution in [3.05, 3.63) is 35.9 Å². The second-order valence-electron chi connectivity index (χ2n) is 3.12. The SMILES string of the molecule is N[C@@H](Cc1ccccc1)[C@H](O)C(=O)[O-].[Na+]. The van der Waals surface area contributed by atoms with Crippen molar-refractivity contribution in [3.63, 3.8) is 0 Å². The van der Waals surface area contributed by atoms with Gasteiger partial charge in [0.25, 0.3) is 0 Å². The minimum atomic E-state index is -1.62. The van der Waals surface area contributed by atoms with Crippen LogP contribution in [0.3, 0.4) is 0 Å². The molecule has 5 heteroatoms. The Kier molecular flexibility index (Phi) is 6.80. The van der Waals surface area contributed by atoms with E-state index in [-0.39, 0.29) is 29.6 Å². The van der Waals surface area contributed by atoms with Crippen LogP contribution < -0.4 is 40.4 Å². The third-order valence-corrected chi connectivity index (χ3v) is 1.96. The van der Waals surface area contributed by atoms with E-state index < -0.39 is 18.1 Å². The van der Waals surface area contributed by atoms with E-state index in [0.29, 0.717) is 6.42 Å². The van der Waals surface area contributed by atoms with Crippen LogP contribution >= 0.6 is 0 Å². The van der Waals surface area contributed by atoms with Gasteiger partial charge < -0.3 is 20.7 Å². The number of carbonyl (C=O) groups is 1. The number of aliphatic carboxylic acids is 1. The Hall–Kier alpha value is -0.390. The fourth-order valence-corrected chi connectivity index (χ4v) is 1.17. The van der Waals surface area contributed by atoms with E-state index in [1.165, 1.54) is 0 Å². The summed E-state index contributed by atoms with van der Waals surface area (Å²) in [6.07, 6.45) is -1.30. The van der Waals surface area contributed by atoms with Gasteiger partial charge >= 0.3 is 29.6 Å². The van der Waals surface area contributed by atoms with Gasteiger partial charge in [-0.15, -0.1) is 0 Å². The first-order chi connectivity index (χ1) is 6.61. The predicted molar refractivity (Wildman–Crippen MR) is 49.1 cm³/mol. The average Bonchev–Trinajstić information content (AvgIpc) is 2.18. The standard InChI is InChI=1S/C10H13NO3.Na/c11-8(9(12)10(13)14)6-7-4-2-1-3-5-7;/h1-5,8-9,12H,6,11H2,(H,13,14);/q;+1/p-1/t8-,9-;/m0./s1. The molecule has 0 aliphatic rings. The Morgan fingerprint density at radius 3 is 2.40 bits per heavy atom. The zero-order valence-electron chi connectivity index (χ0n) is 8.59. The fourth-order valence-electron chi connectivity index (χ4n) is 1.17. The van der Waals surface area contributed by atoms with E-state index in [0.717, 1.165) is 5.56 Å². The molecule has 0 aromatic heterocycles. The Balaban J connectivity index is 0.00000196. The molecule has 2 atom stereocenters. The van der Waals surface area contributed by atoms with Gasteiger partial charge in [0.2, 0.25) is 0 Å². The maximum Gasteiger partial charge on any atom is 1.00 e. The van der Waals surface area contributed by atoms with Crippen molar-refractivity contribution in [3.8, 4) is 0 Å². The Labute approximate surface area is 110 Å². The summed E-state index contributed by atoms with van der Waals surface area (Å²) >= 11 is 0. The number of hydrogen-bond acceptors (Lipinski definition) is 4. The number of hydrogen-bond donors (Lipinski definition) is 2. The molecule has 0 aliphatic carbocycles. The molecule has 0 heterocycles. The molecule has 0 saturated carbocycles. The molecule has 0 radical (unpaired) electrons. The number of aliphatic hydroxyl groups excluding tert-OH is 1. The summed E-state index contributed by atoms with van der Waals surface area (Å²) in [5.41, 5.74) is 6.37. The van der Waals surface area contributed by atoms with Gasteiger partial charge in [0.15, 0.2) is 0 Å². The Morgan fingerprint density at radius 2 is 1.93 bits per heavy atom. The van der Waals surface area contributed by atoms with Gasteiger partial charge in [0.05, 0.1) is 5.97 Å². The summed E-state index contributed by atoms with van der Waals surface area (Å²) in [5.74, 6) is -1.53. The van der Waals surface area contributed by atoms with Crippen LogP contribution in [0.4, 0.5) is 0 Å². The summed E-state index contributed by atoms with van der Waals surface area (Å²) in [4.78, 5) is 10.3. The van der Waals surface area contributed by atoms with E-state index in [1.807, 2.05) is 30.3 Å². The number of aliphatic hydroxyl groups is 1. The molecule has 1 aromatic carbocycles. The van der Waals surface area contributed by atoms with Crippen molar-refractivity contribution in [2.45, 2.75) is 18.6 Å². The van der Waals surface area contributed by atoms with Crippen molar-refractivity contribution in [1.82, 2.24) is 0 Å². The normalized spacial score (nSPS) is 13.7. The van der Waals surface area contributed by atoms with Gasteiger partial charge in [0.1, 0.15) is 6.10 Å². The third kappa shape index (κ3) is 4.77. The molecule has 0 aliphatic heterocycles. The molecule has 76 valence electrons. The largest absolute Gasteiger partial charge is 1.00 e. The average molecular weight is 217 g/mol. The molecule has 0 fully saturated rings. The zero-order valence-corrected chi connectivity index (χ0v) is 10.6. The molecule has 1 aromatic rings. The third-order valence-electron chi connectivity index (χ3n) is 1.96. The van der Waals surface area contributed by atoms with Crippen LogP contribution in [0, 0.1) is 0 Å². The van der Waals surface area contributed by atoms with E-state index in [1.54, 1.807) is 0 Å². The molecule has 0 unspecified atom stereocenters. The maximum atomic E-state index is 10.3. The predicted octanol–water partition coefficient (Wildman–Crippen LogP) is -4.33. The molecule has 4 nitrogen and oxygen atoms in total. The van der Waals surface area contributed by atoms with Gasteiger partial charge in [0, 0.05) is 6.04 Å². The monoisotopic (exact) mass is 217 g/mol. The number of rotatable bonds is 4. The second kappa shape index (κ2) is 6.98. The van der Waals surface area contributed by atoms with Crippen LogP contribution in [0.25, 0.3) is 0 Å². The molecule has 0 amide bonds. The van der Waals surface area contributed by atoms with Gasteiger partial charge in [-0.2, -0.15) is 0 Å². The second-order valence-corrected chi connectivity index (χ2v) is 3.12. The van der Waals surface area contributed by atoms with Crippen LogP contribution in [-0.2, 0) is 11.2 Å².